The van der Waals surface area contributed by atoms with Crippen molar-refractivity contribution >= 4 is 22.8 Å². The van der Waals surface area contributed by atoms with E-state index in [0.29, 0.717) is 5.75 Å². The van der Waals surface area contributed by atoms with Crippen LogP contribution < -0.4 is 26.8 Å². The minimum Gasteiger partial charge on any atom is -0.483 e. The fraction of sp³-hybridized carbons (Fsp3) is 0.286. The number of benzene rings is 1. The molecule has 31 heavy (non-hydrogen) atoms. The summed E-state index contributed by atoms with van der Waals surface area (Å²) in [4.78, 5) is 55.1. The van der Waals surface area contributed by atoms with E-state index < -0.39 is 23.1 Å². The van der Waals surface area contributed by atoms with E-state index in [2.05, 4.69) is 20.8 Å². The third-order valence-corrected chi connectivity index (χ3v) is 4.97. The molecule has 1 aliphatic carbocycles. The number of H-pyrrole nitrogens is 1. The van der Waals surface area contributed by atoms with Gasteiger partial charge in [-0.2, -0.15) is 0 Å². The van der Waals surface area contributed by atoms with Gasteiger partial charge in [-0.3, -0.25) is 34.8 Å². The SMILES string of the molecule is Cc1ccc(C)c(OCC(=O)NNC(=O)c2cnc3c(c2)c(=O)[nH]c(=O)n3C2CC2)c1. The maximum absolute atomic E-state index is 12.4. The number of carbonyl (C=O) groups is 2. The van der Waals surface area contributed by atoms with Crippen LogP contribution in [0.5, 0.6) is 5.75 Å². The van der Waals surface area contributed by atoms with Gasteiger partial charge >= 0.3 is 5.69 Å². The average molecular weight is 423 g/mol. The number of aromatic nitrogens is 3. The zero-order valence-corrected chi connectivity index (χ0v) is 17.0. The molecule has 0 atom stereocenters. The highest BCUT2D eigenvalue weighted by Gasteiger charge is 2.27. The molecule has 10 nitrogen and oxygen atoms in total. The second-order valence-corrected chi connectivity index (χ2v) is 7.52. The number of aryl methyl sites for hydroxylation is 2. The van der Waals surface area contributed by atoms with Gasteiger partial charge in [0.1, 0.15) is 11.4 Å². The van der Waals surface area contributed by atoms with Crippen molar-refractivity contribution in [2.45, 2.75) is 32.7 Å². The van der Waals surface area contributed by atoms with Crippen molar-refractivity contribution in [3.05, 3.63) is 68.0 Å². The largest absolute Gasteiger partial charge is 0.483 e. The predicted octanol–water partition coefficient (Wildman–Crippen LogP) is 0.877. The summed E-state index contributed by atoms with van der Waals surface area (Å²) in [7, 11) is 0. The fourth-order valence-corrected chi connectivity index (χ4v) is 3.17. The molecule has 1 fully saturated rings. The molecule has 0 aliphatic heterocycles. The molecule has 1 saturated carbocycles. The summed E-state index contributed by atoms with van der Waals surface area (Å²) in [5, 5.41) is 0.128. The standard InChI is InChI=1S/C21H21N5O5/c1-11-3-4-12(2)16(7-11)31-10-17(27)24-25-19(28)13-8-15-18(22-9-13)26(14-5-6-14)21(30)23-20(15)29/h3-4,7-9,14H,5-6,10H2,1-2H3,(H,24,27)(H,25,28)(H,23,29,30). The monoisotopic (exact) mass is 423 g/mol. The maximum atomic E-state index is 12.4. The number of hydrazine groups is 1. The summed E-state index contributed by atoms with van der Waals surface area (Å²) in [6.07, 6.45) is 2.93. The second-order valence-electron chi connectivity index (χ2n) is 7.52. The molecule has 0 saturated heterocycles. The van der Waals surface area contributed by atoms with E-state index >= 15 is 0 Å². The van der Waals surface area contributed by atoms with Gasteiger partial charge in [-0.15, -0.1) is 0 Å². The Balaban J connectivity index is 1.42. The molecular formula is C21H21N5O5. The van der Waals surface area contributed by atoms with Crippen molar-refractivity contribution in [1.82, 2.24) is 25.4 Å². The normalized spacial score (nSPS) is 13.1. The molecule has 10 heteroatoms. The van der Waals surface area contributed by atoms with Crippen LogP contribution in [-0.4, -0.2) is 33.0 Å². The Morgan fingerprint density at radius 3 is 2.71 bits per heavy atom. The quantitative estimate of drug-likeness (QED) is 0.521. The first-order valence-electron chi connectivity index (χ1n) is 9.77. The van der Waals surface area contributed by atoms with E-state index in [-0.39, 0.29) is 29.2 Å². The molecule has 2 aromatic heterocycles. The van der Waals surface area contributed by atoms with Crippen LogP contribution in [0, 0.1) is 13.8 Å². The van der Waals surface area contributed by atoms with E-state index in [4.69, 9.17) is 4.74 Å². The number of hydrogen-bond donors (Lipinski definition) is 3. The molecule has 3 N–H and O–H groups in total. The third-order valence-electron chi connectivity index (χ3n) is 4.97. The number of nitrogens with one attached hydrogen (secondary N) is 3. The molecular weight excluding hydrogens is 402 g/mol. The summed E-state index contributed by atoms with van der Waals surface area (Å²) in [6, 6.07) is 7.00. The van der Waals surface area contributed by atoms with Crippen molar-refractivity contribution in [2.75, 3.05) is 6.61 Å². The Morgan fingerprint density at radius 1 is 1.19 bits per heavy atom. The molecule has 3 aromatic rings. The number of pyridine rings is 1. The molecule has 0 spiro atoms. The van der Waals surface area contributed by atoms with Crippen molar-refractivity contribution in [3.63, 3.8) is 0 Å². The Bertz CT molecular complexity index is 1310. The molecule has 1 aliphatic rings. The highest BCUT2D eigenvalue weighted by atomic mass is 16.5. The van der Waals surface area contributed by atoms with Crippen molar-refractivity contribution in [2.24, 2.45) is 0 Å². The molecule has 0 bridgehead atoms. The summed E-state index contributed by atoms with van der Waals surface area (Å²) in [5.41, 5.74) is 5.59. The van der Waals surface area contributed by atoms with Gasteiger partial charge in [0.15, 0.2) is 6.61 Å². The minimum absolute atomic E-state index is 0.00959. The van der Waals surface area contributed by atoms with Crippen molar-refractivity contribution < 1.29 is 14.3 Å². The Morgan fingerprint density at radius 2 is 1.97 bits per heavy atom. The number of hydrogen-bond acceptors (Lipinski definition) is 6. The van der Waals surface area contributed by atoms with Gasteiger partial charge in [0.05, 0.1) is 10.9 Å². The Hall–Kier alpha value is -3.95. The first kappa shape index (κ1) is 20.3. The predicted molar refractivity (Wildman–Crippen MR) is 112 cm³/mol. The number of fused-ring (bicyclic) bond motifs is 1. The lowest BCUT2D eigenvalue weighted by molar-refractivity contribution is -0.123. The van der Waals surface area contributed by atoms with Crippen LogP contribution in [-0.2, 0) is 4.79 Å². The number of nitrogens with zero attached hydrogens (tertiary/aromatic N) is 2. The van der Waals surface area contributed by atoms with Crippen LogP contribution in [0.4, 0.5) is 0 Å². The third kappa shape index (κ3) is 4.32. The zero-order chi connectivity index (χ0) is 22.1. The number of aromatic amines is 1. The van der Waals surface area contributed by atoms with Gasteiger partial charge in [0.25, 0.3) is 17.4 Å². The van der Waals surface area contributed by atoms with Crippen LogP contribution in [0.2, 0.25) is 0 Å². The zero-order valence-electron chi connectivity index (χ0n) is 17.0. The van der Waals surface area contributed by atoms with Gasteiger partial charge in [0.2, 0.25) is 0 Å². The van der Waals surface area contributed by atoms with Crippen molar-refractivity contribution in [3.8, 4) is 5.75 Å². The van der Waals surface area contributed by atoms with E-state index in [9.17, 15) is 19.2 Å². The molecule has 2 heterocycles. The van der Waals surface area contributed by atoms with Gasteiger partial charge in [-0.05, 0) is 49.9 Å². The van der Waals surface area contributed by atoms with Gasteiger partial charge < -0.3 is 4.74 Å². The van der Waals surface area contributed by atoms with E-state index in [1.54, 1.807) is 0 Å². The van der Waals surface area contributed by atoms with Gasteiger partial charge in [-0.1, -0.05) is 12.1 Å². The summed E-state index contributed by atoms with van der Waals surface area (Å²) < 4.78 is 6.93. The smallest absolute Gasteiger partial charge is 0.330 e. The van der Waals surface area contributed by atoms with E-state index in [0.717, 1.165) is 24.0 Å². The van der Waals surface area contributed by atoms with Crippen LogP contribution in [0.15, 0.2) is 40.1 Å². The number of carbonyl (C=O) groups excluding carboxylic acids is 2. The fourth-order valence-electron chi connectivity index (χ4n) is 3.17. The van der Waals surface area contributed by atoms with Crippen LogP contribution >= 0.6 is 0 Å². The summed E-state index contributed by atoms with van der Waals surface area (Å²) in [5.74, 6) is -0.623. The first-order chi connectivity index (χ1) is 14.8. The number of amides is 2. The van der Waals surface area contributed by atoms with Crippen molar-refractivity contribution in [1.29, 1.82) is 0 Å². The molecule has 2 amide bonds. The lowest BCUT2D eigenvalue weighted by atomic mass is 10.1. The number of ether oxygens (including phenoxy) is 1. The van der Waals surface area contributed by atoms with Crippen LogP contribution in [0.3, 0.4) is 0 Å². The highest BCUT2D eigenvalue weighted by Crippen LogP contribution is 2.34. The highest BCUT2D eigenvalue weighted by molar-refractivity contribution is 5.97. The van der Waals surface area contributed by atoms with Gasteiger partial charge in [-0.25, -0.2) is 9.78 Å². The molecule has 0 radical (unpaired) electrons. The van der Waals surface area contributed by atoms with E-state index in [1.807, 2.05) is 32.0 Å². The summed E-state index contributed by atoms with van der Waals surface area (Å²) >= 11 is 0. The Labute approximate surface area is 176 Å². The van der Waals surface area contributed by atoms with E-state index in [1.165, 1.54) is 16.8 Å². The van der Waals surface area contributed by atoms with Crippen LogP contribution in [0.25, 0.3) is 11.0 Å². The summed E-state index contributed by atoms with van der Waals surface area (Å²) in [6.45, 7) is 3.50. The topological polar surface area (TPSA) is 135 Å². The second kappa shape index (κ2) is 8.05. The number of rotatable bonds is 5. The Kier molecular flexibility index (Phi) is 5.28. The average Bonchev–Trinajstić information content (AvgIpc) is 3.57. The maximum Gasteiger partial charge on any atom is 0.330 e. The van der Waals surface area contributed by atoms with Crippen LogP contribution in [0.1, 0.15) is 40.4 Å². The minimum atomic E-state index is -0.655. The molecule has 160 valence electrons. The molecule has 1 aromatic carbocycles. The molecule has 0 unspecified atom stereocenters. The first-order valence-corrected chi connectivity index (χ1v) is 9.77. The lowest BCUT2D eigenvalue weighted by Crippen LogP contribution is -2.44. The van der Waals surface area contributed by atoms with Gasteiger partial charge in [0, 0.05) is 12.2 Å². The lowest BCUT2D eigenvalue weighted by Gasteiger charge is -2.11. The molecule has 4 rings (SSSR count).